The number of aliphatic hydroxyl groups is 1. The van der Waals surface area contributed by atoms with Gasteiger partial charge in [-0.1, -0.05) is 0 Å². The molecule has 0 unspecified atom stereocenters. The minimum atomic E-state index is 0.277. The molecule has 3 heteroatoms. The van der Waals surface area contributed by atoms with Gasteiger partial charge in [0.2, 0.25) is 0 Å². The smallest absolute Gasteiger partial charge is 0.122 e. The fraction of sp³-hybridized carbons (Fsp3) is 0.500. The van der Waals surface area contributed by atoms with Crippen molar-refractivity contribution in [2.75, 3.05) is 25.1 Å². The van der Waals surface area contributed by atoms with Gasteiger partial charge in [0, 0.05) is 25.3 Å². The van der Waals surface area contributed by atoms with Crippen LogP contribution in [0.1, 0.15) is 18.4 Å². The van der Waals surface area contributed by atoms with Crippen LogP contribution in [0.15, 0.2) is 18.2 Å². The minimum Gasteiger partial charge on any atom is -0.493 e. The molecule has 0 fully saturated rings. The maximum Gasteiger partial charge on any atom is 0.122 e. The molecule has 0 aromatic heterocycles. The highest BCUT2D eigenvalue weighted by Gasteiger charge is 2.11. The lowest BCUT2D eigenvalue weighted by Crippen LogP contribution is -2.02. The first-order valence-electron chi connectivity index (χ1n) is 5.50. The zero-order valence-corrected chi connectivity index (χ0v) is 8.83. The van der Waals surface area contributed by atoms with E-state index in [9.17, 15) is 0 Å². The first-order chi connectivity index (χ1) is 7.40. The van der Waals surface area contributed by atoms with Crippen molar-refractivity contribution in [2.24, 2.45) is 0 Å². The van der Waals surface area contributed by atoms with Gasteiger partial charge >= 0.3 is 0 Å². The number of aliphatic hydroxyl groups excluding tert-OH is 1. The van der Waals surface area contributed by atoms with Gasteiger partial charge < -0.3 is 15.2 Å². The third kappa shape index (κ3) is 2.63. The van der Waals surface area contributed by atoms with Gasteiger partial charge in [0.25, 0.3) is 0 Å². The maximum absolute atomic E-state index is 8.65. The molecule has 0 radical (unpaired) electrons. The lowest BCUT2D eigenvalue weighted by molar-refractivity contribution is 0.286. The van der Waals surface area contributed by atoms with Crippen LogP contribution >= 0.6 is 0 Å². The Balaban J connectivity index is 1.87. The van der Waals surface area contributed by atoms with Gasteiger partial charge in [-0.2, -0.15) is 0 Å². The molecule has 3 nitrogen and oxygen atoms in total. The normalized spacial score (nSPS) is 13.4. The predicted octanol–water partition coefficient (Wildman–Crippen LogP) is 1.81. The molecule has 0 saturated heterocycles. The molecule has 0 amide bonds. The van der Waals surface area contributed by atoms with Crippen molar-refractivity contribution in [3.63, 3.8) is 0 Å². The molecule has 0 atom stereocenters. The largest absolute Gasteiger partial charge is 0.493 e. The summed E-state index contributed by atoms with van der Waals surface area (Å²) in [6.07, 6.45) is 2.88. The predicted molar refractivity (Wildman–Crippen MR) is 60.5 cm³/mol. The second-order valence-electron chi connectivity index (χ2n) is 3.78. The van der Waals surface area contributed by atoms with Gasteiger partial charge in [0.05, 0.1) is 6.61 Å². The molecule has 0 saturated carbocycles. The molecular weight excluding hydrogens is 190 g/mol. The van der Waals surface area contributed by atoms with Crippen molar-refractivity contribution >= 4 is 5.69 Å². The molecule has 1 aromatic rings. The van der Waals surface area contributed by atoms with Crippen molar-refractivity contribution in [2.45, 2.75) is 19.3 Å². The summed E-state index contributed by atoms with van der Waals surface area (Å²) < 4.78 is 5.44. The van der Waals surface area contributed by atoms with E-state index in [0.29, 0.717) is 0 Å². The Hall–Kier alpha value is -1.22. The Bertz CT molecular complexity index is 325. The van der Waals surface area contributed by atoms with Gasteiger partial charge in [0.15, 0.2) is 0 Å². The fourth-order valence-corrected chi connectivity index (χ4v) is 1.77. The average molecular weight is 207 g/mol. The molecule has 82 valence electrons. The summed E-state index contributed by atoms with van der Waals surface area (Å²) in [5.41, 5.74) is 2.44. The highest BCUT2D eigenvalue weighted by Crippen LogP contribution is 2.27. The van der Waals surface area contributed by atoms with Crippen molar-refractivity contribution in [1.29, 1.82) is 0 Å². The van der Waals surface area contributed by atoms with Crippen LogP contribution in [-0.2, 0) is 6.42 Å². The minimum absolute atomic E-state index is 0.277. The van der Waals surface area contributed by atoms with Crippen molar-refractivity contribution in [3.8, 4) is 5.75 Å². The number of benzene rings is 1. The topological polar surface area (TPSA) is 41.5 Å². The van der Waals surface area contributed by atoms with Crippen LogP contribution in [0, 0.1) is 0 Å². The van der Waals surface area contributed by atoms with Crippen LogP contribution in [0.4, 0.5) is 5.69 Å². The van der Waals surface area contributed by atoms with E-state index in [4.69, 9.17) is 9.84 Å². The van der Waals surface area contributed by atoms with E-state index in [1.807, 2.05) is 12.1 Å². The first kappa shape index (κ1) is 10.3. The second kappa shape index (κ2) is 5.03. The Morgan fingerprint density at radius 1 is 1.33 bits per heavy atom. The quantitative estimate of drug-likeness (QED) is 0.723. The second-order valence-corrected chi connectivity index (χ2v) is 3.78. The summed E-state index contributed by atoms with van der Waals surface area (Å²) in [5, 5.41) is 12.0. The molecule has 0 aliphatic carbocycles. The molecule has 0 bridgehead atoms. The SMILES string of the molecule is OCCCCNc1ccc2c(c1)CCO2. The number of unbranched alkanes of at least 4 members (excludes halogenated alkanes) is 1. The van der Waals surface area contributed by atoms with E-state index in [1.165, 1.54) is 5.56 Å². The lowest BCUT2D eigenvalue weighted by atomic mass is 10.1. The van der Waals surface area contributed by atoms with Crippen molar-refractivity contribution < 1.29 is 9.84 Å². The Morgan fingerprint density at radius 3 is 3.13 bits per heavy atom. The van der Waals surface area contributed by atoms with E-state index in [1.54, 1.807) is 0 Å². The molecule has 1 heterocycles. The number of anilines is 1. The zero-order valence-electron chi connectivity index (χ0n) is 8.83. The molecule has 1 aromatic carbocycles. The van der Waals surface area contributed by atoms with Gasteiger partial charge in [-0.05, 0) is 36.6 Å². The lowest BCUT2D eigenvalue weighted by Gasteiger charge is -2.07. The number of hydrogen-bond acceptors (Lipinski definition) is 3. The summed E-state index contributed by atoms with van der Waals surface area (Å²) in [4.78, 5) is 0. The highest BCUT2D eigenvalue weighted by molar-refractivity contribution is 5.52. The number of nitrogens with one attached hydrogen (secondary N) is 1. The van der Waals surface area contributed by atoms with Crippen LogP contribution in [-0.4, -0.2) is 24.9 Å². The molecule has 1 aliphatic heterocycles. The molecule has 15 heavy (non-hydrogen) atoms. The summed E-state index contributed by atoms with van der Waals surface area (Å²) >= 11 is 0. The van der Waals surface area contributed by atoms with E-state index in [-0.39, 0.29) is 6.61 Å². The zero-order chi connectivity index (χ0) is 10.5. The summed E-state index contributed by atoms with van der Waals surface area (Å²) in [7, 11) is 0. The monoisotopic (exact) mass is 207 g/mol. The maximum atomic E-state index is 8.65. The van der Waals surface area contributed by atoms with Crippen molar-refractivity contribution in [1.82, 2.24) is 0 Å². The van der Waals surface area contributed by atoms with Gasteiger partial charge in [-0.3, -0.25) is 0 Å². The third-order valence-corrected chi connectivity index (χ3v) is 2.60. The third-order valence-electron chi connectivity index (χ3n) is 2.60. The van der Waals surface area contributed by atoms with Crippen LogP contribution in [0.3, 0.4) is 0 Å². The number of rotatable bonds is 5. The van der Waals surface area contributed by atoms with Crippen LogP contribution in [0.25, 0.3) is 0 Å². The van der Waals surface area contributed by atoms with E-state index >= 15 is 0 Å². The Kier molecular flexibility index (Phi) is 3.45. The van der Waals surface area contributed by atoms with Crippen LogP contribution < -0.4 is 10.1 Å². The van der Waals surface area contributed by atoms with E-state index < -0.39 is 0 Å². The summed E-state index contributed by atoms with van der Waals surface area (Å²) in [6.45, 7) is 2.00. The number of hydrogen-bond donors (Lipinski definition) is 2. The molecule has 1 aliphatic rings. The Labute approximate surface area is 90.1 Å². The van der Waals surface area contributed by atoms with E-state index in [2.05, 4.69) is 11.4 Å². The van der Waals surface area contributed by atoms with E-state index in [0.717, 1.165) is 43.9 Å². The number of ether oxygens (including phenoxy) is 1. The van der Waals surface area contributed by atoms with Gasteiger partial charge in [-0.15, -0.1) is 0 Å². The molecule has 2 N–H and O–H groups in total. The van der Waals surface area contributed by atoms with Crippen LogP contribution in [0.2, 0.25) is 0 Å². The standard InChI is InChI=1S/C12H17NO2/c14-7-2-1-6-13-11-3-4-12-10(9-11)5-8-15-12/h3-4,9,13-14H,1-2,5-8H2. The van der Waals surface area contributed by atoms with Crippen molar-refractivity contribution in [3.05, 3.63) is 23.8 Å². The molecule has 2 rings (SSSR count). The van der Waals surface area contributed by atoms with Gasteiger partial charge in [0.1, 0.15) is 5.75 Å². The summed E-state index contributed by atoms with van der Waals surface area (Å²) in [5.74, 6) is 1.02. The van der Waals surface area contributed by atoms with Gasteiger partial charge in [-0.25, -0.2) is 0 Å². The summed E-state index contributed by atoms with van der Waals surface area (Å²) in [6, 6.07) is 6.22. The average Bonchev–Trinajstić information content (AvgIpc) is 2.71. The number of fused-ring (bicyclic) bond motifs is 1. The molecule has 0 spiro atoms. The molecular formula is C12H17NO2. The van der Waals surface area contributed by atoms with Crippen LogP contribution in [0.5, 0.6) is 5.75 Å². The highest BCUT2D eigenvalue weighted by atomic mass is 16.5. The first-order valence-corrected chi connectivity index (χ1v) is 5.50. The Morgan fingerprint density at radius 2 is 2.27 bits per heavy atom. The fourth-order valence-electron chi connectivity index (χ4n) is 1.77.